The van der Waals surface area contributed by atoms with Gasteiger partial charge in [0.25, 0.3) is 0 Å². The summed E-state index contributed by atoms with van der Waals surface area (Å²) < 4.78 is 1.75. The van der Waals surface area contributed by atoms with Crippen LogP contribution in [0.3, 0.4) is 0 Å². The molecule has 1 aliphatic rings. The van der Waals surface area contributed by atoms with E-state index < -0.39 is 0 Å². The molecule has 1 aliphatic heterocycles. The number of anilines is 1. The number of hydrogen-bond donors (Lipinski definition) is 2. The predicted molar refractivity (Wildman–Crippen MR) is 136 cm³/mol. The fourth-order valence-corrected chi connectivity index (χ4v) is 4.09. The second kappa shape index (κ2) is 11.3. The van der Waals surface area contributed by atoms with Gasteiger partial charge in [-0.15, -0.1) is 24.0 Å². The minimum Gasteiger partial charge on any atom is -0.368 e. The van der Waals surface area contributed by atoms with Crippen molar-refractivity contribution in [1.29, 1.82) is 0 Å². The van der Waals surface area contributed by atoms with Crippen LogP contribution < -0.4 is 10.6 Å². The number of guanidine groups is 1. The highest BCUT2D eigenvalue weighted by atomic mass is 127. The summed E-state index contributed by atoms with van der Waals surface area (Å²) in [5.41, 5.74) is 2.27. The zero-order chi connectivity index (χ0) is 20.8. The number of halogens is 1. The van der Waals surface area contributed by atoms with Crippen LogP contribution in [0, 0.1) is 5.92 Å². The lowest BCUT2D eigenvalue weighted by molar-refractivity contribution is 0.259. The Kier molecular flexibility index (Phi) is 8.44. The fourth-order valence-electron chi connectivity index (χ4n) is 4.09. The van der Waals surface area contributed by atoms with Crippen LogP contribution in [0.25, 0.3) is 11.0 Å². The lowest BCUT2D eigenvalue weighted by Gasteiger charge is -2.34. The average molecular weight is 534 g/mol. The Morgan fingerprint density at radius 1 is 1.13 bits per heavy atom. The Morgan fingerprint density at radius 2 is 1.90 bits per heavy atom. The summed E-state index contributed by atoms with van der Waals surface area (Å²) in [6.45, 7) is 3.60. The van der Waals surface area contributed by atoms with Gasteiger partial charge in [0.15, 0.2) is 11.6 Å². The van der Waals surface area contributed by atoms with Crippen LogP contribution in [-0.4, -0.2) is 63.8 Å². The van der Waals surface area contributed by atoms with Gasteiger partial charge in [0, 0.05) is 40.3 Å². The maximum absolute atomic E-state index is 4.48. The van der Waals surface area contributed by atoms with Gasteiger partial charge in [-0.2, -0.15) is 5.10 Å². The van der Waals surface area contributed by atoms with Gasteiger partial charge in [0.1, 0.15) is 12.1 Å². The largest absolute Gasteiger partial charge is 0.368 e. The summed E-state index contributed by atoms with van der Waals surface area (Å²) in [4.78, 5) is 15.5. The summed E-state index contributed by atoms with van der Waals surface area (Å²) in [6.07, 6.45) is 6.94. The topological polar surface area (TPSA) is 83.3 Å². The first-order valence-electron chi connectivity index (χ1n) is 10.6. The van der Waals surface area contributed by atoms with Crippen LogP contribution in [-0.2, 0) is 13.5 Å². The number of hydrogen-bond acceptors (Lipinski definition) is 5. The molecule has 1 saturated heterocycles. The van der Waals surface area contributed by atoms with Gasteiger partial charge in [-0.1, -0.05) is 30.3 Å². The number of aryl methyl sites for hydroxylation is 1. The van der Waals surface area contributed by atoms with Crippen molar-refractivity contribution < 1.29 is 0 Å². The van der Waals surface area contributed by atoms with Crippen LogP contribution in [0.5, 0.6) is 0 Å². The highest BCUT2D eigenvalue weighted by Crippen LogP contribution is 2.21. The molecular weight excluding hydrogens is 503 g/mol. The minimum absolute atomic E-state index is 0. The maximum atomic E-state index is 4.48. The third kappa shape index (κ3) is 5.84. The number of nitrogens with zero attached hydrogens (tertiary/aromatic N) is 6. The first kappa shape index (κ1) is 23.2. The van der Waals surface area contributed by atoms with Crippen LogP contribution >= 0.6 is 24.0 Å². The maximum Gasteiger partial charge on any atom is 0.193 e. The molecule has 4 rings (SSSR count). The molecule has 0 bridgehead atoms. The van der Waals surface area contributed by atoms with Gasteiger partial charge in [-0.25, -0.2) is 9.97 Å². The number of fused-ring (bicyclic) bond motifs is 1. The number of benzene rings is 1. The molecule has 1 aromatic carbocycles. The van der Waals surface area contributed by atoms with Crippen LogP contribution in [0.1, 0.15) is 18.4 Å². The lowest BCUT2D eigenvalue weighted by Crippen LogP contribution is -2.46. The van der Waals surface area contributed by atoms with E-state index in [1.54, 1.807) is 17.2 Å². The van der Waals surface area contributed by atoms with E-state index in [0.29, 0.717) is 0 Å². The van der Waals surface area contributed by atoms with Crippen molar-refractivity contribution in [1.82, 2.24) is 30.0 Å². The number of piperidine rings is 1. The van der Waals surface area contributed by atoms with E-state index in [2.05, 4.69) is 65.9 Å². The minimum atomic E-state index is 0. The lowest BCUT2D eigenvalue weighted by atomic mass is 9.90. The molecule has 3 aromatic rings. The number of aromatic nitrogens is 4. The Bertz CT molecular complexity index is 980. The Hall–Kier alpha value is -2.43. The molecule has 2 N–H and O–H groups in total. The third-order valence-electron chi connectivity index (χ3n) is 5.72. The molecule has 0 amide bonds. The highest BCUT2D eigenvalue weighted by molar-refractivity contribution is 14.0. The third-order valence-corrected chi connectivity index (χ3v) is 5.72. The van der Waals surface area contributed by atoms with Gasteiger partial charge >= 0.3 is 0 Å². The second-order valence-corrected chi connectivity index (χ2v) is 7.75. The van der Waals surface area contributed by atoms with Crippen molar-refractivity contribution in [3.8, 4) is 0 Å². The Balaban J connectivity index is 0.00000272. The summed E-state index contributed by atoms with van der Waals surface area (Å²) in [6, 6.07) is 10.8. The molecule has 3 heterocycles. The quantitative estimate of drug-likeness (QED) is 0.219. The van der Waals surface area contributed by atoms with Crippen molar-refractivity contribution in [2.45, 2.75) is 19.3 Å². The first-order valence-corrected chi connectivity index (χ1v) is 10.6. The van der Waals surface area contributed by atoms with E-state index in [1.807, 2.05) is 14.1 Å². The van der Waals surface area contributed by atoms with Crippen LogP contribution in [0.4, 0.5) is 5.82 Å². The molecule has 0 atom stereocenters. The molecule has 0 aliphatic carbocycles. The van der Waals surface area contributed by atoms with Gasteiger partial charge in [-0.05, 0) is 30.7 Å². The van der Waals surface area contributed by atoms with Gasteiger partial charge in [0.2, 0.25) is 0 Å². The average Bonchev–Trinajstić information content (AvgIpc) is 3.17. The molecule has 1 fully saturated rings. The van der Waals surface area contributed by atoms with Gasteiger partial charge < -0.3 is 15.5 Å². The fraction of sp³-hybridized carbons (Fsp3) is 0.455. The standard InChI is InChI=1S/C22H30N8.HI/c1-23-22(30-12-8-18(9-13-30)14-17-6-4-3-5-7-17)25-11-10-24-20-19-15-28-29(2)21(19)27-16-26-20;/h3-7,15-16,18H,8-14H2,1-2H3,(H,23,25)(H,24,26,27);1H. The van der Waals surface area contributed by atoms with Crippen molar-refractivity contribution >= 4 is 46.8 Å². The SMILES string of the molecule is CN=C(NCCNc1ncnc2c1cnn2C)N1CCC(Cc2ccccc2)CC1.I. The van der Waals surface area contributed by atoms with Crippen LogP contribution in [0.15, 0.2) is 47.8 Å². The summed E-state index contributed by atoms with van der Waals surface area (Å²) in [7, 11) is 3.74. The number of aliphatic imine (C=N–C) groups is 1. The number of likely N-dealkylation sites (tertiary alicyclic amines) is 1. The predicted octanol–water partition coefficient (Wildman–Crippen LogP) is 2.92. The molecule has 9 heteroatoms. The molecule has 0 radical (unpaired) electrons. The van der Waals surface area contributed by atoms with E-state index in [9.17, 15) is 0 Å². The van der Waals surface area contributed by atoms with E-state index in [4.69, 9.17) is 0 Å². The molecule has 31 heavy (non-hydrogen) atoms. The molecule has 0 spiro atoms. The molecule has 166 valence electrons. The monoisotopic (exact) mass is 534 g/mol. The molecule has 8 nitrogen and oxygen atoms in total. The zero-order valence-electron chi connectivity index (χ0n) is 18.2. The van der Waals surface area contributed by atoms with Crippen LogP contribution in [0.2, 0.25) is 0 Å². The number of nitrogens with one attached hydrogen (secondary N) is 2. The first-order chi connectivity index (χ1) is 14.7. The van der Waals surface area contributed by atoms with E-state index in [1.165, 1.54) is 24.8 Å². The zero-order valence-corrected chi connectivity index (χ0v) is 20.5. The smallest absolute Gasteiger partial charge is 0.193 e. The van der Waals surface area contributed by atoms with E-state index >= 15 is 0 Å². The number of rotatable bonds is 6. The van der Waals surface area contributed by atoms with Crippen molar-refractivity contribution in [3.63, 3.8) is 0 Å². The second-order valence-electron chi connectivity index (χ2n) is 7.75. The summed E-state index contributed by atoms with van der Waals surface area (Å²) in [5.74, 6) is 2.54. The molecule has 0 saturated carbocycles. The molecular formula is C22H31IN8. The van der Waals surface area contributed by atoms with E-state index in [0.717, 1.165) is 54.9 Å². The highest BCUT2D eigenvalue weighted by Gasteiger charge is 2.21. The van der Waals surface area contributed by atoms with E-state index in [-0.39, 0.29) is 24.0 Å². The summed E-state index contributed by atoms with van der Waals surface area (Å²) >= 11 is 0. The van der Waals surface area contributed by atoms with Crippen molar-refractivity contribution in [2.75, 3.05) is 38.5 Å². The Labute approximate surface area is 200 Å². The van der Waals surface area contributed by atoms with Crippen molar-refractivity contribution in [2.24, 2.45) is 18.0 Å². The van der Waals surface area contributed by atoms with Crippen molar-refractivity contribution in [3.05, 3.63) is 48.4 Å². The normalized spacial score (nSPS) is 15.0. The van der Waals surface area contributed by atoms with Gasteiger partial charge in [-0.3, -0.25) is 9.67 Å². The van der Waals surface area contributed by atoms with Gasteiger partial charge in [0.05, 0.1) is 11.6 Å². The molecule has 0 unspecified atom stereocenters. The summed E-state index contributed by atoms with van der Waals surface area (Å²) in [5, 5.41) is 12.0. The molecule has 2 aromatic heterocycles. The Morgan fingerprint density at radius 3 is 2.65 bits per heavy atom.